The van der Waals surface area contributed by atoms with E-state index >= 15 is 0 Å². The maximum atomic E-state index is 14.1. The first-order valence-corrected chi connectivity index (χ1v) is 6.83. The minimum Gasteiger partial charge on any atom is -0.478 e. The lowest BCUT2D eigenvalue weighted by Crippen LogP contribution is -2.36. The van der Waals surface area contributed by atoms with E-state index in [1.165, 1.54) is 6.07 Å². The van der Waals surface area contributed by atoms with E-state index in [-0.39, 0.29) is 5.56 Å². The number of aromatic carboxylic acids is 1. The Hall–Kier alpha value is -1.46. The summed E-state index contributed by atoms with van der Waals surface area (Å²) in [7, 11) is 1.69. The Morgan fingerprint density at radius 1 is 1.55 bits per heavy atom. The van der Waals surface area contributed by atoms with Gasteiger partial charge in [0, 0.05) is 25.8 Å². The largest absolute Gasteiger partial charge is 0.478 e. The van der Waals surface area contributed by atoms with E-state index in [4.69, 9.17) is 9.84 Å². The fourth-order valence-corrected chi connectivity index (χ4v) is 2.77. The minimum absolute atomic E-state index is 0.257. The summed E-state index contributed by atoms with van der Waals surface area (Å²) in [5.41, 5.74) is 0.191. The van der Waals surface area contributed by atoms with E-state index < -0.39 is 11.8 Å². The molecule has 0 radical (unpaired) electrons. The number of halogens is 1. The number of rotatable bonds is 5. The Bertz CT molecular complexity index is 476. The van der Waals surface area contributed by atoms with Gasteiger partial charge in [-0.3, -0.25) is 4.90 Å². The molecule has 4 nitrogen and oxygen atoms in total. The average Bonchev–Trinajstić information content (AvgIpc) is 2.42. The summed E-state index contributed by atoms with van der Waals surface area (Å²) < 4.78 is 19.3. The van der Waals surface area contributed by atoms with E-state index in [2.05, 4.69) is 4.90 Å². The molecule has 1 atom stereocenters. The second-order valence-corrected chi connectivity index (χ2v) is 5.28. The van der Waals surface area contributed by atoms with Crippen LogP contribution >= 0.6 is 0 Å². The highest BCUT2D eigenvalue weighted by molar-refractivity contribution is 5.88. The molecule has 1 aliphatic rings. The van der Waals surface area contributed by atoms with Gasteiger partial charge in [0.25, 0.3) is 0 Å². The lowest BCUT2D eigenvalue weighted by atomic mass is 9.98. The monoisotopic (exact) mass is 281 g/mol. The average molecular weight is 281 g/mol. The first kappa shape index (κ1) is 14.9. The van der Waals surface area contributed by atoms with E-state index in [9.17, 15) is 9.18 Å². The topological polar surface area (TPSA) is 49.8 Å². The molecule has 0 aliphatic carbocycles. The molecule has 1 saturated heterocycles. The molecule has 20 heavy (non-hydrogen) atoms. The van der Waals surface area contributed by atoms with Crippen molar-refractivity contribution in [1.82, 2.24) is 4.90 Å². The third-order valence-corrected chi connectivity index (χ3v) is 3.71. The third-order valence-electron chi connectivity index (χ3n) is 3.71. The van der Waals surface area contributed by atoms with Crippen LogP contribution in [-0.2, 0) is 11.3 Å². The Labute approximate surface area is 118 Å². The van der Waals surface area contributed by atoms with E-state index in [1.807, 2.05) is 0 Å². The number of nitrogens with zero attached hydrogens (tertiary/aromatic N) is 1. The maximum Gasteiger partial charge on any atom is 0.338 e. The number of benzene rings is 1. The predicted molar refractivity (Wildman–Crippen MR) is 73.2 cm³/mol. The molecular formula is C15H20FNO3. The molecular weight excluding hydrogens is 261 g/mol. The zero-order valence-corrected chi connectivity index (χ0v) is 11.6. The quantitative estimate of drug-likeness (QED) is 0.900. The van der Waals surface area contributed by atoms with Crippen molar-refractivity contribution in [3.63, 3.8) is 0 Å². The zero-order chi connectivity index (χ0) is 14.5. The molecule has 5 heteroatoms. The van der Waals surface area contributed by atoms with Crippen LogP contribution in [0.4, 0.5) is 4.39 Å². The summed E-state index contributed by atoms with van der Waals surface area (Å²) in [6.07, 6.45) is 2.19. The Morgan fingerprint density at radius 3 is 3.05 bits per heavy atom. The number of piperidine rings is 1. The Kier molecular flexibility index (Phi) is 5.09. The minimum atomic E-state index is -1.22. The molecule has 0 bridgehead atoms. The smallest absolute Gasteiger partial charge is 0.338 e. The van der Waals surface area contributed by atoms with Crippen molar-refractivity contribution < 1.29 is 19.0 Å². The molecule has 2 rings (SSSR count). The van der Waals surface area contributed by atoms with Crippen molar-refractivity contribution in [2.75, 3.05) is 26.8 Å². The lowest BCUT2D eigenvalue weighted by Gasteiger charge is -2.32. The van der Waals surface area contributed by atoms with Gasteiger partial charge in [0.2, 0.25) is 0 Å². The second-order valence-electron chi connectivity index (χ2n) is 5.28. The second kappa shape index (κ2) is 6.81. The predicted octanol–water partition coefficient (Wildman–Crippen LogP) is 2.38. The highest BCUT2D eigenvalue weighted by Crippen LogP contribution is 2.21. The molecule has 1 N–H and O–H groups in total. The highest BCUT2D eigenvalue weighted by Gasteiger charge is 2.22. The number of hydrogen-bond donors (Lipinski definition) is 1. The fourth-order valence-electron chi connectivity index (χ4n) is 2.77. The molecule has 1 unspecified atom stereocenters. The standard InChI is InChI=1S/C15H20FNO3/c1-20-10-11-4-3-7-17(8-11)9-12-5-2-6-13(14(12)16)15(18)19/h2,5-6,11H,3-4,7-10H2,1H3,(H,18,19). The van der Waals surface area contributed by atoms with Crippen molar-refractivity contribution in [3.05, 3.63) is 35.1 Å². The summed E-state index contributed by atoms with van der Waals surface area (Å²) in [6, 6.07) is 4.55. The molecule has 1 fully saturated rings. The van der Waals surface area contributed by atoms with Crippen LogP contribution in [0.3, 0.4) is 0 Å². The molecule has 0 saturated carbocycles. The normalized spacial score (nSPS) is 20.0. The van der Waals surface area contributed by atoms with E-state index in [0.29, 0.717) is 24.6 Å². The highest BCUT2D eigenvalue weighted by atomic mass is 19.1. The van der Waals surface area contributed by atoms with Gasteiger partial charge in [-0.15, -0.1) is 0 Å². The number of hydrogen-bond acceptors (Lipinski definition) is 3. The molecule has 110 valence electrons. The van der Waals surface area contributed by atoms with Gasteiger partial charge in [-0.2, -0.15) is 0 Å². The van der Waals surface area contributed by atoms with Crippen molar-refractivity contribution in [3.8, 4) is 0 Å². The Morgan fingerprint density at radius 2 is 2.35 bits per heavy atom. The van der Waals surface area contributed by atoms with E-state index in [0.717, 1.165) is 25.9 Å². The number of ether oxygens (including phenoxy) is 1. The van der Waals surface area contributed by atoms with Gasteiger partial charge in [0.05, 0.1) is 12.2 Å². The van der Waals surface area contributed by atoms with Gasteiger partial charge in [0.15, 0.2) is 0 Å². The molecule has 1 aromatic carbocycles. The summed E-state index contributed by atoms with van der Waals surface area (Å²) in [5, 5.41) is 8.94. The van der Waals surface area contributed by atoms with Gasteiger partial charge in [-0.05, 0) is 31.4 Å². The van der Waals surface area contributed by atoms with Crippen molar-refractivity contribution in [2.45, 2.75) is 19.4 Å². The van der Waals surface area contributed by atoms with Crippen molar-refractivity contribution >= 4 is 5.97 Å². The summed E-state index contributed by atoms with van der Waals surface area (Å²) >= 11 is 0. The van der Waals surface area contributed by atoms with Crippen molar-refractivity contribution in [2.24, 2.45) is 5.92 Å². The van der Waals surface area contributed by atoms with Crippen LogP contribution < -0.4 is 0 Å². The van der Waals surface area contributed by atoms with Crippen LogP contribution in [-0.4, -0.2) is 42.8 Å². The molecule has 1 aromatic rings. The summed E-state index contributed by atoms with van der Waals surface area (Å²) in [6.45, 7) is 2.95. The summed E-state index contributed by atoms with van der Waals surface area (Å²) in [5.74, 6) is -1.37. The van der Waals surface area contributed by atoms with Crippen LogP contribution in [0.2, 0.25) is 0 Å². The Balaban J connectivity index is 2.06. The number of carboxylic acids is 1. The fraction of sp³-hybridized carbons (Fsp3) is 0.533. The third kappa shape index (κ3) is 3.55. The van der Waals surface area contributed by atoms with E-state index in [1.54, 1.807) is 19.2 Å². The van der Waals surface area contributed by atoms with Gasteiger partial charge < -0.3 is 9.84 Å². The molecule has 1 aliphatic heterocycles. The molecule has 0 aromatic heterocycles. The maximum absolute atomic E-state index is 14.1. The SMILES string of the molecule is COCC1CCCN(Cc2cccc(C(=O)O)c2F)C1. The number of methoxy groups -OCH3 is 1. The number of likely N-dealkylation sites (tertiary alicyclic amines) is 1. The van der Waals surface area contributed by atoms with Crippen LogP contribution in [0.5, 0.6) is 0 Å². The lowest BCUT2D eigenvalue weighted by molar-refractivity contribution is 0.0690. The zero-order valence-electron chi connectivity index (χ0n) is 11.6. The van der Waals surface area contributed by atoms with Gasteiger partial charge in [-0.25, -0.2) is 9.18 Å². The van der Waals surface area contributed by atoms with Crippen LogP contribution in [0.15, 0.2) is 18.2 Å². The van der Waals surface area contributed by atoms with Gasteiger partial charge >= 0.3 is 5.97 Å². The van der Waals surface area contributed by atoms with Crippen LogP contribution in [0.1, 0.15) is 28.8 Å². The van der Waals surface area contributed by atoms with Gasteiger partial charge in [-0.1, -0.05) is 12.1 Å². The molecule has 0 spiro atoms. The number of carboxylic acid groups (broad SMARTS) is 1. The van der Waals surface area contributed by atoms with Crippen molar-refractivity contribution in [1.29, 1.82) is 0 Å². The van der Waals surface area contributed by atoms with Gasteiger partial charge in [0.1, 0.15) is 5.82 Å². The number of carbonyl (C=O) groups is 1. The van der Waals surface area contributed by atoms with Crippen LogP contribution in [0.25, 0.3) is 0 Å². The molecule has 1 heterocycles. The first-order chi connectivity index (χ1) is 9.61. The summed E-state index contributed by atoms with van der Waals surface area (Å²) in [4.78, 5) is 13.1. The van der Waals surface area contributed by atoms with Crippen LogP contribution in [0, 0.1) is 11.7 Å². The molecule has 0 amide bonds. The first-order valence-electron chi connectivity index (χ1n) is 6.83.